The van der Waals surface area contributed by atoms with Crippen molar-refractivity contribution in [1.29, 1.82) is 0 Å². The van der Waals surface area contributed by atoms with Gasteiger partial charge in [-0.15, -0.1) is 0 Å². The number of nitrogens with one attached hydrogen (secondary N) is 2. The van der Waals surface area contributed by atoms with E-state index >= 15 is 0 Å². The summed E-state index contributed by atoms with van der Waals surface area (Å²) in [4.78, 5) is 19.1. The molecule has 0 saturated carbocycles. The first-order chi connectivity index (χ1) is 14.0. The van der Waals surface area contributed by atoms with Crippen LogP contribution in [0, 0.1) is 0 Å². The van der Waals surface area contributed by atoms with E-state index in [-0.39, 0.29) is 5.91 Å². The molecule has 5 nitrogen and oxygen atoms in total. The molecule has 1 amide bonds. The van der Waals surface area contributed by atoms with E-state index in [1.54, 1.807) is 36.5 Å². The van der Waals surface area contributed by atoms with Crippen molar-refractivity contribution >= 4 is 46.3 Å². The predicted octanol–water partition coefficient (Wildman–Crippen LogP) is 5.39. The number of aromatic nitrogens is 1. The second-order valence-corrected chi connectivity index (χ2v) is 7.42. The smallest absolute Gasteiger partial charge is 0.255 e. The van der Waals surface area contributed by atoms with Crippen LogP contribution in [0.3, 0.4) is 0 Å². The highest BCUT2D eigenvalue weighted by atomic mass is 35.5. The van der Waals surface area contributed by atoms with Gasteiger partial charge in [-0.2, -0.15) is 0 Å². The van der Waals surface area contributed by atoms with Crippen LogP contribution < -0.4 is 15.5 Å². The summed E-state index contributed by atoms with van der Waals surface area (Å²) in [6.07, 6.45) is 2.45. The minimum atomic E-state index is -0.184. The van der Waals surface area contributed by atoms with Gasteiger partial charge < -0.3 is 15.5 Å². The number of benzene rings is 2. The van der Waals surface area contributed by atoms with Crippen LogP contribution in [-0.4, -0.2) is 31.0 Å². The zero-order chi connectivity index (χ0) is 20.6. The number of hydrogen-bond acceptors (Lipinski definition) is 4. The van der Waals surface area contributed by atoms with Gasteiger partial charge in [0.25, 0.3) is 5.91 Å². The lowest BCUT2D eigenvalue weighted by Crippen LogP contribution is -2.28. The highest BCUT2D eigenvalue weighted by Gasteiger charge is 2.12. The molecule has 0 aliphatic rings. The van der Waals surface area contributed by atoms with E-state index in [0.29, 0.717) is 33.7 Å². The lowest BCUT2D eigenvalue weighted by molar-refractivity contribution is 0.0954. The summed E-state index contributed by atoms with van der Waals surface area (Å²) in [6.45, 7) is 1.40. The molecule has 2 N–H and O–H groups in total. The summed E-state index contributed by atoms with van der Waals surface area (Å²) < 4.78 is 0. The highest BCUT2D eigenvalue weighted by Crippen LogP contribution is 2.25. The standard InChI is InChI=1S/C22H22Cl2N4O/c1-28(19-7-3-2-4-8-19)12-6-11-26-22(29)20-9-5-10-25-21(20)27-18-14-16(23)13-17(24)15-18/h2-5,7-10,13-15H,6,11-12H2,1H3,(H,25,27)(H,26,29). The number of carbonyl (C=O) groups excluding carboxylic acids is 1. The molecular weight excluding hydrogens is 407 g/mol. The fourth-order valence-corrected chi connectivity index (χ4v) is 3.40. The molecule has 0 aliphatic heterocycles. The first kappa shape index (κ1) is 21.0. The molecule has 7 heteroatoms. The van der Waals surface area contributed by atoms with Gasteiger partial charge in [0, 0.05) is 47.8 Å². The minimum Gasteiger partial charge on any atom is -0.375 e. The Kier molecular flexibility index (Phi) is 7.33. The normalized spacial score (nSPS) is 10.4. The van der Waals surface area contributed by atoms with Crippen molar-refractivity contribution in [2.24, 2.45) is 0 Å². The summed E-state index contributed by atoms with van der Waals surface area (Å²) in [5, 5.41) is 7.08. The Hall–Kier alpha value is -2.76. The van der Waals surface area contributed by atoms with Gasteiger partial charge in [0.2, 0.25) is 0 Å². The molecule has 0 bridgehead atoms. The van der Waals surface area contributed by atoms with Gasteiger partial charge in [-0.1, -0.05) is 41.4 Å². The van der Waals surface area contributed by atoms with Crippen LogP contribution in [-0.2, 0) is 0 Å². The van der Waals surface area contributed by atoms with Crippen molar-refractivity contribution in [2.75, 3.05) is 30.4 Å². The number of amides is 1. The first-order valence-electron chi connectivity index (χ1n) is 9.25. The number of rotatable bonds is 8. The second-order valence-electron chi connectivity index (χ2n) is 6.55. The Morgan fingerprint density at radius 3 is 2.48 bits per heavy atom. The lowest BCUT2D eigenvalue weighted by Gasteiger charge is -2.19. The molecule has 0 fully saturated rings. The van der Waals surface area contributed by atoms with E-state index in [9.17, 15) is 4.79 Å². The number of anilines is 3. The van der Waals surface area contributed by atoms with Crippen molar-refractivity contribution in [3.8, 4) is 0 Å². The van der Waals surface area contributed by atoms with Crippen LogP contribution in [0.25, 0.3) is 0 Å². The molecule has 150 valence electrons. The maximum absolute atomic E-state index is 12.6. The number of halogens is 2. The molecule has 3 rings (SSSR count). The fraction of sp³-hybridized carbons (Fsp3) is 0.182. The Labute approximate surface area is 180 Å². The summed E-state index contributed by atoms with van der Waals surface area (Å²) in [7, 11) is 2.04. The van der Waals surface area contributed by atoms with Gasteiger partial charge in [0.05, 0.1) is 5.56 Å². The summed E-state index contributed by atoms with van der Waals surface area (Å²) >= 11 is 12.1. The third kappa shape index (κ3) is 6.11. The van der Waals surface area contributed by atoms with Gasteiger partial charge >= 0.3 is 0 Å². The Bertz CT molecular complexity index is 946. The first-order valence-corrected chi connectivity index (χ1v) is 10.0. The summed E-state index contributed by atoms with van der Waals surface area (Å²) in [5.74, 6) is 0.265. The molecule has 1 heterocycles. The number of carbonyl (C=O) groups is 1. The molecule has 3 aromatic rings. The highest BCUT2D eigenvalue weighted by molar-refractivity contribution is 6.35. The molecular formula is C22H22Cl2N4O. The van der Waals surface area contributed by atoms with E-state index in [0.717, 1.165) is 18.7 Å². The molecule has 0 atom stereocenters. The van der Waals surface area contributed by atoms with Gasteiger partial charge in [0.15, 0.2) is 0 Å². The Balaban J connectivity index is 1.57. The van der Waals surface area contributed by atoms with Crippen LogP contribution in [0.2, 0.25) is 10.0 Å². The summed E-state index contributed by atoms with van der Waals surface area (Å²) in [6, 6.07) is 18.7. The number of hydrogen-bond donors (Lipinski definition) is 2. The van der Waals surface area contributed by atoms with Gasteiger partial charge in [-0.25, -0.2) is 4.98 Å². The molecule has 29 heavy (non-hydrogen) atoms. The van der Waals surface area contributed by atoms with Crippen molar-refractivity contribution in [3.63, 3.8) is 0 Å². The van der Waals surface area contributed by atoms with Gasteiger partial charge in [0.1, 0.15) is 5.82 Å². The van der Waals surface area contributed by atoms with Crippen LogP contribution in [0.1, 0.15) is 16.8 Å². The van der Waals surface area contributed by atoms with Crippen molar-refractivity contribution in [1.82, 2.24) is 10.3 Å². The third-order valence-electron chi connectivity index (χ3n) is 4.33. The average molecular weight is 429 g/mol. The molecule has 0 spiro atoms. The van der Waals surface area contributed by atoms with Crippen molar-refractivity contribution in [2.45, 2.75) is 6.42 Å². The van der Waals surface area contributed by atoms with E-state index < -0.39 is 0 Å². The largest absolute Gasteiger partial charge is 0.375 e. The van der Waals surface area contributed by atoms with Crippen LogP contribution in [0.15, 0.2) is 66.9 Å². The number of pyridine rings is 1. The molecule has 1 aromatic heterocycles. The topological polar surface area (TPSA) is 57.3 Å². The van der Waals surface area contributed by atoms with E-state index in [1.165, 1.54) is 0 Å². The minimum absolute atomic E-state index is 0.184. The quantitative estimate of drug-likeness (QED) is 0.472. The average Bonchev–Trinajstić information content (AvgIpc) is 2.71. The summed E-state index contributed by atoms with van der Waals surface area (Å²) in [5.41, 5.74) is 2.28. The molecule has 0 unspecified atom stereocenters. The second kappa shape index (κ2) is 10.1. The van der Waals surface area contributed by atoms with Crippen molar-refractivity contribution < 1.29 is 4.79 Å². The Morgan fingerprint density at radius 2 is 1.76 bits per heavy atom. The monoisotopic (exact) mass is 428 g/mol. The maximum atomic E-state index is 12.6. The molecule has 0 aliphatic carbocycles. The molecule has 0 radical (unpaired) electrons. The number of para-hydroxylation sites is 1. The number of nitrogens with zero attached hydrogens (tertiary/aromatic N) is 2. The molecule has 0 saturated heterocycles. The third-order valence-corrected chi connectivity index (χ3v) is 4.77. The van der Waals surface area contributed by atoms with Crippen LogP contribution in [0.4, 0.5) is 17.2 Å². The van der Waals surface area contributed by atoms with Crippen LogP contribution >= 0.6 is 23.2 Å². The van der Waals surface area contributed by atoms with Gasteiger partial charge in [-0.3, -0.25) is 4.79 Å². The lowest BCUT2D eigenvalue weighted by atomic mass is 10.2. The zero-order valence-electron chi connectivity index (χ0n) is 16.0. The molecule has 2 aromatic carbocycles. The fourth-order valence-electron chi connectivity index (χ4n) is 2.88. The van der Waals surface area contributed by atoms with E-state index in [4.69, 9.17) is 23.2 Å². The van der Waals surface area contributed by atoms with E-state index in [2.05, 4.69) is 32.7 Å². The van der Waals surface area contributed by atoms with Crippen molar-refractivity contribution in [3.05, 3.63) is 82.5 Å². The van der Waals surface area contributed by atoms with Gasteiger partial charge in [-0.05, 0) is 48.9 Å². The SMILES string of the molecule is CN(CCCNC(=O)c1cccnc1Nc1cc(Cl)cc(Cl)c1)c1ccccc1. The zero-order valence-corrected chi connectivity index (χ0v) is 17.5. The maximum Gasteiger partial charge on any atom is 0.255 e. The van der Waals surface area contributed by atoms with E-state index in [1.807, 2.05) is 25.2 Å². The Morgan fingerprint density at radius 1 is 1.03 bits per heavy atom. The predicted molar refractivity (Wildman–Crippen MR) is 121 cm³/mol. The van der Waals surface area contributed by atoms with Crippen LogP contribution in [0.5, 0.6) is 0 Å².